The molecule has 2 aromatic rings. The number of amides is 1. The average Bonchev–Trinajstić information content (AvgIpc) is 3.12. The van der Waals surface area contributed by atoms with Crippen LogP contribution in [0.5, 0.6) is 0 Å². The summed E-state index contributed by atoms with van der Waals surface area (Å²) in [6, 6.07) is 3.90. The first-order chi connectivity index (χ1) is 12.3. The van der Waals surface area contributed by atoms with E-state index in [2.05, 4.69) is 30.6 Å². The summed E-state index contributed by atoms with van der Waals surface area (Å²) in [5.74, 6) is 1.18. The van der Waals surface area contributed by atoms with Crippen molar-refractivity contribution >= 4 is 5.91 Å². The van der Waals surface area contributed by atoms with E-state index in [1.54, 1.807) is 12.1 Å². The van der Waals surface area contributed by atoms with E-state index in [9.17, 15) is 4.79 Å². The lowest BCUT2D eigenvalue weighted by Gasteiger charge is -2.34. The van der Waals surface area contributed by atoms with E-state index in [0.717, 1.165) is 45.1 Å². The average molecular weight is 345 g/mol. The van der Waals surface area contributed by atoms with Crippen LogP contribution in [0.3, 0.4) is 0 Å². The van der Waals surface area contributed by atoms with Gasteiger partial charge in [0.05, 0.1) is 18.8 Å². The number of rotatable bonds is 7. The second kappa shape index (κ2) is 7.32. The molecule has 3 heterocycles. The van der Waals surface area contributed by atoms with Crippen molar-refractivity contribution in [2.75, 3.05) is 39.3 Å². The standard InChI is InChI=1S/C16H23N7O2/c24-16(14-2-1-11-25-14)17-5-6-21-7-9-22(10-8-21)12-15-18-19-20-23(15)13-3-4-13/h1-2,11,13H,3-10,12H2,(H,17,24). The third-order valence-corrected chi connectivity index (χ3v) is 4.74. The smallest absolute Gasteiger partial charge is 0.287 e. The maximum Gasteiger partial charge on any atom is 0.287 e. The Morgan fingerprint density at radius 1 is 1.24 bits per heavy atom. The molecule has 25 heavy (non-hydrogen) atoms. The molecule has 9 heteroatoms. The summed E-state index contributed by atoms with van der Waals surface area (Å²) in [6.07, 6.45) is 3.89. The van der Waals surface area contributed by atoms with Crippen LogP contribution in [0.15, 0.2) is 22.8 Å². The Morgan fingerprint density at radius 3 is 2.76 bits per heavy atom. The van der Waals surface area contributed by atoms with Crippen LogP contribution in [0, 0.1) is 0 Å². The third-order valence-electron chi connectivity index (χ3n) is 4.74. The second-order valence-electron chi connectivity index (χ2n) is 6.62. The van der Waals surface area contributed by atoms with Crippen LogP contribution in [0.25, 0.3) is 0 Å². The van der Waals surface area contributed by atoms with Crippen LogP contribution in [0.2, 0.25) is 0 Å². The molecule has 0 bridgehead atoms. The molecular weight excluding hydrogens is 322 g/mol. The SMILES string of the molecule is O=C(NCCN1CCN(Cc2nnnn2C2CC2)CC1)c1ccco1. The van der Waals surface area contributed by atoms with Gasteiger partial charge in [-0.05, 0) is 35.4 Å². The predicted molar refractivity (Wildman–Crippen MR) is 88.8 cm³/mol. The normalized spacial score (nSPS) is 19.2. The first-order valence-electron chi connectivity index (χ1n) is 8.83. The topological polar surface area (TPSA) is 92.3 Å². The molecule has 1 N–H and O–H groups in total. The van der Waals surface area contributed by atoms with Gasteiger partial charge in [-0.3, -0.25) is 14.6 Å². The zero-order valence-electron chi connectivity index (χ0n) is 14.2. The number of nitrogens with zero attached hydrogens (tertiary/aromatic N) is 6. The summed E-state index contributed by atoms with van der Waals surface area (Å²) in [6.45, 7) is 6.24. The summed E-state index contributed by atoms with van der Waals surface area (Å²) in [5, 5.41) is 15.0. The first-order valence-corrected chi connectivity index (χ1v) is 8.83. The van der Waals surface area contributed by atoms with Gasteiger partial charge in [0.1, 0.15) is 0 Å². The zero-order chi connectivity index (χ0) is 17.1. The molecule has 1 saturated carbocycles. The molecule has 4 rings (SSSR count). The summed E-state index contributed by atoms with van der Waals surface area (Å²) >= 11 is 0. The van der Waals surface area contributed by atoms with Gasteiger partial charge in [0.15, 0.2) is 11.6 Å². The summed E-state index contributed by atoms with van der Waals surface area (Å²) < 4.78 is 7.06. The number of carbonyl (C=O) groups is 1. The number of furan rings is 1. The predicted octanol–water partition coefficient (Wildman–Crippen LogP) is 0.149. The minimum Gasteiger partial charge on any atom is -0.459 e. The van der Waals surface area contributed by atoms with Gasteiger partial charge in [0, 0.05) is 39.3 Å². The van der Waals surface area contributed by atoms with Gasteiger partial charge in [-0.25, -0.2) is 4.68 Å². The number of hydrogen-bond acceptors (Lipinski definition) is 7. The van der Waals surface area contributed by atoms with E-state index < -0.39 is 0 Å². The van der Waals surface area contributed by atoms with Crippen molar-refractivity contribution in [2.24, 2.45) is 0 Å². The zero-order valence-corrected chi connectivity index (χ0v) is 14.2. The van der Waals surface area contributed by atoms with Gasteiger partial charge in [-0.2, -0.15) is 0 Å². The number of aromatic nitrogens is 4. The van der Waals surface area contributed by atoms with Crippen molar-refractivity contribution in [1.29, 1.82) is 0 Å². The highest BCUT2D eigenvalue weighted by molar-refractivity contribution is 5.91. The quantitative estimate of drug-likeness (QED) is 0.763. The molecule has 134 valence electrons. The van der Waals surface area contributed by atoms with Gasteiger partial charge >= 0.3 is 0 Å². The van der Waals surface area contributed by atoms with E-state index >= 15 is 0 Å². The molecule has 0 atom stereocenters. The summed E-state index contributed by atoms with van der Waals surface area (Å²) in [5.41, 5.74) is 0. The van der Waals surface area contributed by atoms with Crippen molar-refractivity contribution in [3.8, 4) is 0 Å². The maximum absolute atomic E-state index is 11.8. The van der Waals surface area contributed by atoms with Crippen molar-refractivity contribution in [1.82, 2.24) is 35.3 Å². The highest BCUT2D eigenvalue weighted by Gasteiger charge is 2.28. The van der Waals surface area contributed by atoms with Crippen LogP contribution >= 0.6 is 0 Å². The van der Waals surface area contributed by atoms with Crippen LogP contribution < -0.4 is 5.32 Å². The molecule has 1 aliphatic carbocycles. The molecule has 0 spiro atoms. The first kappa shape index (κ1) is 16.2. The minimum absolute atomic E-state index is 0.157. The highest BCUT2D eigenvalue weighted by Crippen LogP contribution is 2.34. The highest BCUT2D eigenvalue weighted by atomic mass is 16.3. The van der Waals surface area contributed by atoms with E-state index in [0.29, 0.717) is 18.3 Å². The fourth-order valence-corrected chi connectivity index (χ4v) is 3.11. The van der Waals surface area contributed by atoms with Crippen molar-refractivity contribution in [3.05, 3.63) is 30.0 Å². The number of piperazine rings is 1. The molecule has 0 aromatic carbocycles. The monoisotopic (exact) mass is 345 g/mol. The van der Waals surface area contributed by atoms with Gasteiger partial charge in [-0.1, -0.05) is 0 Å². The summed E-state index contributed by atoms with van der Waals surface area (Å²) in [7, 11) is 0. The van der Waals surface area contributed by atoms with Gasteiger partial charge in [0.2, 0.25) is 0 Å². The fourth-order valence-electron chi connectivity index (χ4n) is 3.11. The number of hydrogen-bond donors (Lipinski definition) is 1. The molecule has 2 aromatic heterocycles. The molecule has 0 radical (unpaired) electrons. The van der Waals surface area contributed by atoms with Crippen molar-refractivity contribution < 1.29 is 9.21 Å². The molecule has 1 saturated heterocycles. The van der Waals surface area contributed by atoms with E-state index in [1.165, 1.54) is 19.1 Å². The maximum atomic E-state index is 11.8. The Balaban J connectivity index is 1.17. The molecule has 2 fully saturated rings. The minimum atomic E-state index is -0.157. The van der Waals surface area contributed by atoms with Crippen LogP contribution in [0.1, 0.15) is 35.3 Å². The lowest BCUT2D eigenvalue weighted by atomic mass is 10.3. The number of nitrogens with one attached hydrogen (secondary N) is 1. The van der Waals surface area contributed by atoms with Crippen LogP contribution in [0.4, 0.5) is 0 Å². The Labute approximate surface area is 146 Å². The third kappa shape index (κ3) is 4.05. The van der Waals surface area contributed by atoms with Crippen LogP contribution in [-0.4, -0.2) is 75.2 Å². The molecular formula is C16H23N7O2. The Bertz CT molecular complexity index is 687. The van der Waals surface area contributed by atoms with Crippen molar-refractivity contribution in [3.63, 3.8) is 0 Å². The van der Waals surface area contributed by atoms with Crippen LogP contribution in [-0.2, 0) is 6.54 Å². The van der Waals surface area contributed by atoms with E-state index in [-0.39, 0.29) is 5.91 Å². The van der Waals surface area contributed by atoms with E-state index in [4.69, 9.17) is 4.42 Å². The lowest BCUT2D eigenvalue weighted by molar-refractivity contribution is 0.0906. The molecule has 1 aliphatic heterocycles. The Hall–Kier alpha value is -2.26. The second-order valence-corrected chi connectivity index (χ2v) is 6.62. The van der Waals surface area contributed by atoms with Gasteiger partial charge in [-0.15, -0.1) is 5.10 Å². The Kier molecular flexibility index (Phi) is 4.75. The summed E-state index contributed by atoms with van der Waals surface area (Å²) in [4.78, 5) is 16.6. The fraction of sp³-hybridized carbons (Fsp3) is 0.625. The molecule has 0 unspecified atom stereocenters. The Morgan fingerprint density at radius 2 is 2.04 bits per heavy atom. The molecule has 9 nitrogen and oxygen atoms in total. The number of carbonyl (C=O) groups excluding carboxylic acids is 1. The van der Waals surface area contributed by atoms with Crippen molar-refractivity contribution in [2.45, 2.75) is 25.4 Å². The van der Waals surface area contributed by atoms with Gasteiger partial charge in [0.25, 0.3) is 5.91 Å². The molecule has 1 amide bonds. The number of tetrazole rings is 1. The van der Waals surface area contributed by atoms with Gasteiger partial charge < -0.3 is 9.73 Å². The van der Waals surface area contributed by atoms with E-state index in [1.807, 2.05) is 4.68 Å². The lowest BCUT2D eigenvalue weighted by Crippen LogP contribution is -2.48. The molecule has 2 aliphatic rings. The largest absolute Gasteiger partial charge is 0.459 e.